The summed E-state index contributed by atoms with van der Waals surface area (Å²) in [5.74, 6) is -0.655. The summed E-state index contributed by atoms with van der Waals surface area (Å²) in [5.41, 5.74) is -1.01. The number of ether oxygens (including phenoxy) is 1. The second-order valence-corrected chi connectivity index (χ2v) is 6.12. The number of nitrogens with one attached hydrogen (secondary N) is 1. The molecule has 1 atom stereocenters. The molecule has 0 spiro atoms. The molecule has 0 bridgehead atoms. The lowest BCUT2D eigenvalue weighted by Crippen LogP contribution is -2.41. The molecule has 0 aromatic heterocycles. The van der Waals surface area contributed by atoms with Crippen LogP contribution in [0.5, 0.6) is 5.75 Å². The number of non-ortho nitro benzene ring substituents is 1. The molecule has 1 N–H and O–H groups in total. The van der Waals surface area contributed by atoms with Gasteiger partial charge in [-0.1, -0.05) is 6.07 Å². The first-order chi connectivity index (χ1) is 12.8. The Hall–Kier alpha value is -3.49. The van der Waals surface area contributed by atoms with Crippen LogP contribution in [0.1, 0.15) is 12.5 Å². The zero-order valence-electron chi connectivity index (χ0n) is 14.3. The summed E-state index contributed by atoms with van der Waals surface area (Å²) < 4.78 is 18.5. The van der Waals surface area contributed by atoms with Crippen molar-refractivity contribution in [3.63, 3.8) is 0 Å². The molecular weight excluding hydrogens is 357 g/mol. The summed E-state index contributed by atoms with van der Waals surface area (Å²) in [6.45, 7) is 1.50. The maximum atomic E-state index is 13.1. The van der Waals surface area contributed by atoms with Crippen molar-refractivity contribution < 1.29 is 23.6 Å². The van der Waals surface area contributed by atoms with Crippen molar-refractivity contribution in [1.29, 1.82) is 0 Å². The summed E-state index contributed by atoms with van der Waals surface area (Å²) in [7, 11) is 0. The van der Waals surface area contributed by atoms with E-state index in [0.29, 0.717) is 11.3 Å². The number of nitro groups is 1. The third-order valence-corrected chi connectivity index (χ3v) is 4.31. The Kier molecular flexibility index (Phi) is 4.76. The van der Waals surface area contributed by atoms with Crippen LogP contribution in [0.15, 0.2) is 48.5 Å². The molecule has 3 rings (SSSR count). The minimum absolute atomic E-state index is 0.00104. The van der Waals surface area contributed by atoms with Gasteiger partial charge in [-0.05, 0) is 36.8 Å². The summed E-state index contributed by atoms with van der Waals surface area (Å²) in [4.78, 5) is 36.2. The highest BCUT2D eigenvalue weighted by Gasteiger charge is 2.48. The highest BCUT2D eigenvalue weighted by atomic mass is 19.1. The van der Waals surface area contributed by atoms with Crippen molar-refractivity contribution >= 4 is 17.6 Å². The maximum absolute atomic E-state index is 13.1. The number of amides is 3. The number of carbonyl (C=O) groups is 2. The SMILES string of the molecule is CC1(c2ccc([N+](=O)[O-])cc2)NC(=O)N(CCOc2cccc(F)c2)C1=O. The normalized spacial score (nSPS) is 19.1. The van der Waals surface area contributed by atoms with E-state index >= 15 is 0 Å². The number of hydrogen-bond acceptors (Lipinski definition) is 5. The molecule has 1 saturated heterocycles. The number of halogens is 1. The van der Waals surface area contributed by atoms with Crippen LogP contribution < -0.4 is 10.1 Å². The van der Waals surface area contributed by atoms with E-state index < -0.39 is 28.2 Å². The molecule has 0 radical (unpaired) electrons. The van der Waals surface area contributed by atoms with E-state index in [4.69, 9.17) is 4.74 Å². The van der Waals surface area contributed by atoms with Gasteiger partial charge in [-0.25, -0.2) is 9.18 Å². The molecule has 140 valence electrons. The van der Waals surface area contributed by atoms with Crippen molar-refractivity contribution in [1.82, 2.24) is 10.2 Å². The third kappa shape index (κ3) is 3.57. The molecule has 0 saturated carbocycles. The zero-order valence-corrected chi connectivity index (χ0v) is 14.3. The topological polar surface area (TPSA) is 102 Å². The summed E-state index contributed by atoms with van der Waals surface area (Å²) >= 11 is 0. The molecule has 2 aromatic rings. The van der Waals surface area contributed by atoms with Crippen molar-refractivity contribution in [3.8, 4) is 5.75 Å². The van der Waals surface area contributed by atoms with Gasteiger partial charge in [-0.3, -0.25) is 19.8 Å². The van der Waals surface area contributed by atoms with Gasteiger partial charge in [-0.15, -0.1) is 0 Å². The fraction of sp³-hybridized carbons (Fsp3) is 0.222. The van der Waals surface area contributed by atoms with Gasteiger partial charge in [0.05, 0.1) is 11.5 Å². The third-order valence-electron chi connectivity index (χ3n) is 4.31. The quantitative estimate of drug-likeness (QED) is 0.476. The first kappa shape index (κ1) is 18.3. The van der Waals surface area contributed by atoms with Gasteiger partial charge in [0.2, 0.25) is 0 Å². The van der Waals surface area contributed by atoms with Crippen LogP contribution in [0, 0.1) is 15.9 Å². The predicted molar refractivity (Wildman–Crippen MR) is 92.6 cm³/mol. The number of urea groups is 1. The number of nitrogens with zero attached hydrogens (tertiary/aromatic N) is 2. The van der Waals surface area contributed by atoms with E-state index in [0.717, 1.165) is 4.90 Å². The summed E-state index contributed by atoms with van der Waals surface area (Å²) in [6, 6.07) is 10.4. The van der Waals surface area contributed by atoms with Crippen LogP contribution in [0.25, 0.3) is 0 Å². The van der Waals surface area contributed by atoms with Gasteiger partial charge >= 0.3 is 6.03 Å². The summed E-state index contributed by atoms with van der Waals surface area (Å²) in [5, 5.41) is 13.4. The van der Waals surface area contributed by atoms with Crippen molar-refractivity contribution in [2.24, 2.45) is 0 Å². The average Bonchev–Trinajstić information content (AvgIpc) is 2.86. The first-order valence-electron chi connectivity index (χ1n) is 8.08. The Morgan fingerprint density at radius 2 is 1.93 bits per heavy atom. The van der Waals surface area contributed by atoms with Crippen LogP contribution in [0.3, 0.4) is 0 Å². The average molecular weight is 373 g/mol. The lowest BCUT2D eigenvalue weighted by atomic mass is 9.92. The van der Waals surface area contributed by atoms with E-state index in [2.05, 4.69) is 5.32 Å². The number of nitro benzene ring substituents is 1. The van der Waals surface area contributed by atoms with Gasteiger partial charge in [0.25, 0.3) is 11.6 Å². The number of benzene rings is 2. The number of rotatable bonds is 6. The second kappa shape index (κ2) is 7.02. The smallest absolute Gasteiger partial charge is 0.325 e. The molecule has 1 heterocycles. The van der Waals surface area contributed by atoms with E-state index in [1.54, 1.807) is 6.07 Å². The van der Waals surface area contributed by atoms with Crippen molar-refractivity contribution in [3.05, 3.63) is 70.0 Å². The highest BCUT2D eigenvalue weighted by molar-refractivity contribution is 6.07. The van der Waals surface area contributed by atoms with Crippen LogP contribution in [0.4, 0.5) is 14.9 Å². The Labute approximate surface area is 153 Å². The lowest BCUT2D eigenvalue weighted by Gasteiger charge is -2.22. The number of hydrogen-bond donors (Lipinski definition) is 1. The standard InChI is InChI=1S/C18H16FN3O5/c1-18(12-5-7-14(8-6-12)22(25)26)16(23)21(17(24)20-18)9-10-27-15-4-2-3-13(19)11-15/h2-8,11H,9-10H2,1H3,(H,20,24). The lowest BCUT2D eigenvalue weighted by molar-refractivity contribution is -0.384. The predicted octanol–water partition coefficient (Wildman–Crippen LogP) is 2.58. The van der Waals surface area contributed by atoms with Gasteiger partial charge in [0, 0.05) is 18.2 Å². The molecule has 2 aromatic carbocycles. The van der Waals surface area contributed by atoms with Gasteiger partial charge in [-0.2, -0.15) is 0 Å². The molecule has 3 amide bonds. The fourth-order valence-electron chi connectivity index (χ4n) is 2.82. The van der Waals surface area contributed by atoms with Crippen LogP contribution in [-0.4, -0.2) is 34.9 Å². The molecule has 9 heteroatoms. The molecule has 1 aliphatic rings. The number of carbonyl (C=O) groups excluding carboxylic acids is 2. The van der Waals surface area contributed by atoms with Crippen LogP contribution >= 0.6 is 0 Å². The Bertz CT molecular complexity index is 902. The molecule has 1 aliphatic heterocycles. The van der Waals surface area contributed by atoms with E-state index in [-0.39, 0.29) is 18.8 Å². The van der Waals surface area contributed by atoms with E-state index in [9.17, 15) is 24.1 Å². The first-order valence-corrected chi connectivity index (χ1v) is 8.08. The van der Waals surface area contributed by atoms with Gasteiger partial charge < -0.3 is 10.1 Å². The van der Waals surface area contributed by atoms with Gasteiger partial charge in [0.1, 0.15) is 23.7 Å². The van der Waals surface area contributed by atoms with E-state index in [1.165, 1.54) is 49.4 Å². The molecule has 27 heavy (non-hydrogen) atoms. The second-order valence-electron chi connectivity index (χ2n) is 6.12. The molecule has 1 unspecified atom stereocenters. The summed E-state index contributed by atoms with van der Waals surface area (Å²) in [6.07, 6.45) is 0. The minimum Gasteiger partial charge on any atom is -0.492 e. The highest BCUT2D eigenvalue weighted by Crippen LogP contribution is 2.30. The Morgan fingerprint density at radius 3 is 2.56 bits per heavy atom. The zero-order chi connectivity index (χ0) is 19.6. The van der Waals surface area contributed by atoms with E-state index in [1.807, 2.05) is 0 Å². The molecule has 8 nitrogen and oxygen atoms in total. The monoisotopic (exact) mass is 373 g/mol. The Morgan fingerprint density at radius 1 is 1.22 bits per heavy atom. The fourth-order valence-corrected chi connectivity index (χ4v) is 2.82. The Balaban J connectivity index is 1.69. The largest absolute Gasteiger partial charge is 0.492 e. The van der Waals surface area contributed by atoms with Crippen molar-refractivity contribution in [2.75, 3.05) is 13.2 Å². The molecule has 1 fully saturated rings. The molecule has 0 aliphatic carbocycles. The van der Waals surface area contributed by atoms with Crippen molar-refractivity contribution in [2.45, 2.75) is 12.5 Å². The minimum atomic E-state index is -1.33. The maximum Gasteiger partial charge on any atom is 0.325 e. The van der Waals surface area contributed by atoms with Crippen LogP contribution in [0.2, 0.25) is 0 Å². The van der Waals surface area contributed by atoms with Crippen LogP contribution in [-0.2, 0) is 10.3 Å². The molecular formula is C18H16FN3O5. The number of imide groups is 1. The van der Waals surface area contributed by atoms with Gasteiger partial charge in [0.15, 0.2) is 0 Å².